The van der Waals surface area contributed by atoms with Crippen molar-refractivity contribution in [3.63, 3.8) is 0 Å². The summed E-state index contributed by atoms with van der Waals surface area (Å²) in [6, 6.07) is 2.98. The Labute approximate surface area is 108 Å². The SMILES string of the molecule is CC(O)CCN(C)c1ccc([N+](=O)[O-])c2nonc12. The summed E-state index contributed by atoms with van der Waals surface area (Å²) >= 11 is 0. The summed E-state index contributed by atoms with van der Waals surface area (Å²) in [6.45, 7) is 2.30. The lowest BCUT2D eigenvalue weighted by Crippen LogP contribution is -2.22. The average Bonchev–Trinajstić information content (AvgIpc) is 2.83. The van der Waals surface area contributed by atoms with Crippen LogP contribution in [0.3, 0.4) is 0 Å². The first kappa shape index (κ1) is 13.2. The topological polar surface area (TPSA) is 106 Å². The minimum absolute atomic E-state index is 0.131. The molecule has 0 spiro atoms. The summed E-state index contributed by atoms with van der Waals surface area (Å²) in [5.74, 6) is 0. The molecule has 1 heterocycles. The minimum atomic E-state index is -0.522. The van der Waals surface area contributed by atoms with Gasteiger partial charge < -0.3 is 10.0 Å². The van der Waals surface area contributed by atoms with E-state index in [4.69, 9.17) is 0 Å². The summed E-state index contributed by atoms with van der Waals surface area (Å²) in [5.41, 5.74) is 1.03. The fraction of sp³-hybridized carbons (Fsp3) is 0.455. The standard InChI is InChI=1S/C11H14N4O4/c1-7(16)5-6-14(2)8-3-4-9(15(17)18)11-10(8)12-19-13-11/h3-4,7,16H,5-6H2,1-2H3. The number of fused-ring (bicyclic) bond motifs is 1. The van der Waals surface area contributed by atoms with Gasteiger partial charge in [0.05, 0.1) is 16.7 Å². The molecule has 1 atom stereocenters. The van der Waals surface area contributed by atoms with Crippen molar-refractivity contribution < 1.29 is 14.7 Å². The molecule has 0 saturated carbocycles. The molecule has 0 aliphatic heterocycles. The van der Waals surface area contributed by atoms with Gasteiger partial charge in [-0.15, -0.1) is 0 Å². The van der Waals surface area contributed by atoms with E-state index in [9.17, 15) is 15.2 Å². The number of nitrogens with zero attached hydrogens (tertiary/aromatic N) is 4. The van der Waals surface area contributed by atoms with E-state index in [2.05, 4.69) is 14.9 Å². The van der Waals surface area contributed by atoms with Gasteiger partial charge in [0.25, 0.3) is 0 Å². The highest BCUT2D eigenvalue weighted by molar-refractivity contribution is 5.93. The molecule has 1 aromatic carbocycles. The van der Waals surface area contributed by atoms with Gasteiger partial charge >= 0.3 is 5.69 Å². The number of nitro benzene ring substituents is 1. The third kappa shape index (κ3) is 2.63. The fourth-order valence-electron chi connectivity index (χ4n) is 1.80. The predicted octanol–water partition coefficient (Wildman–Crippen LogP) is 1.34. The highest BCUT2D eigenvalue weighted by Gasteiger charge is 2.21. The number of hydrogen-bond acceptors (Lipinski definition) is 7. The lowest BCUT2D eigenvalue weighted by molar-refractivity contribution is -0.383. The Balaban J connectivity index is 2.37. The van der Waals surface area contributed by atoms with Crippen LogP contribution in [0.2, 0.25) is 0 Å². The molecule has 8 nitrogen and oxygen atoms in total. The van der Waals surface area contributed by atoms with Gasteiger partial charge in [-0.05, 0) is 29.7 Å². The number of nitro groups is 1. The van der Waals surface area contributed by atoms with Crippen molar-refractivity contribution in [3.05, 3.63) is 22.2 Å². The molecule has 1 aromatic heterocycles. The van der Waals surface area contributed by atoms with E-state index >= 15 is 0 Å². The van der Waals surface area contributed by atoms with E-state index in [1.165, 1.54) is 6.07 Å². The Morgan fingerprint density at radius 1 is 1.47 bits per heavy atom. The second kappa shape index (κ2) is 5.19. The number of hydrogen-bond donors (Lipinski definition) is 1. The number of aliphatic hydroxyl groups is 1. The van der Waals surface area contributed by atoms with Gasteiger partial charge in [-0.3, -0.25) is 10.1 Å². The van der Waals surface area contributed by atoms with Gasteiger partial charge in [0.2, 0.25) is 5.52 Å². The van der Waals surface area contributed by atoms with E-state index in [1.54, 1.807) is 13.0 Å². The molecule has 0 aliphatic rings. The van der Waals surface area contributed by atoms with Gasteiger partial charge in [-0.25, -0.2) is 4.63 Å². The maximum absolute atomic E-state index is 10.9. The molecule has 1 unspecified atom stereocenters. The average molecular weight is 266 g/mol. The Hall–Kier alpha value is -2.22. The number of aliphatic hydroxyl groups excluding tert-OH is 1. The molecule has 0 saturated heterocycles. The van der Waals surface area contributed by atoms with Gasteiger partial charge in [0.15, 0.2) is 5.52 Å². The third-order valence-electron chi connectivity index (χ3n) is 2.86. The molecule has 1 N–H and O–H groups in total. The molecule has 0 aliphatic carbocycles. The zero-order valence-corrected chi connectivity index (χ0v) is 10.6. The first-order chi connectivity index (χ1) is 9.00. The summed E-state index contributed by atoms with van der Waals surface area (Å²) in [7, 11) is 1.82. The van der Waals surface area contributed by atoms with Gasteiger partial charge in [0.1, 0.15) is 0 Å². The van der Waals surface area contributed by atoms with Crippen molar-refractivity contribution in [2.45, 2.75) is 19.4 Å². The molecule has 0 bridgehead atoms. The molecule has 102 valence electrons. The summed E-state index contributed by atoms with van der Waals surface area (Å²) in [6.07, 6.45) is 0.173. The monoisotopic (exact) mass is 266 g/mol. The highest BCUT2D eigenvalue weighted by atomic mass is 16.6. The van der Waals surface area contributed by atoms with E-state index < -0.39 is 11.0 Å². The molecule has 0 radical (unpaired) electrons. The predicted molar refractivity (Wildman–Crippen MR) is 68.0 cm³/mol. The first-order valence-electron chi connectivity index (χ1n) is 5.79. The number of aromatic nitrogens is 2. The zero-order valence-electron chi connectivity index (χ0n) is 10.6. The maximum atomic E-state index is 10.9. The normalized spacial score (nSPS) is 12.6. The summed E-state index contributed by atoms with van der Waals surface area (Å²) < 4.78 is 4.59. The van der Waals surface area contributed by atoms with Crippen LogP contribution in [0.4, 0.5) is 11.4 Å². The largest absolute Gasteiger partial charge is 0.393 e. The fourth-order valence-corrected chi connectivity index (χ4v) is 1.80. The van der Waals surface area contributed by atoms with Gasteiger partial charge in [-0.2, -0.15) is 0 Å². The quantitative estimate of drug-likeness (QED) is 0.642. The Morgan fingerprint density at radius 2 is 2.16 bits per heavy atom. The van der Waals surface area contributed by atoms with Crippen molar-refractivity contribution in [3.8, 4) is 0 Å². The van der Waals surface area contributed by atoms with Crippen molar-refractivity contribution in [1.82, 2.24) is 10.3 Å². The smallest absolute Gasteiger partial charge is 0.300 e. The molecular formula is C11H14N4O4. The summed E-state index contributed by atoms with van der Waals surface area (Å²) in [4.78, 5) is 12.2. The highest BCUT2D eigenvalue weighted by Crippen LogP contribution is 2.30. The van der Waals surface area contributed by atoms with E-state index in [0.29, 0.717) is 24.2 Å². The van der Waals surface area contributed by atoms with Crippen molar-refractivity contribution >= 4 is 22.4 Å². The van der Waals surface area contributed by atoms with E-state index in [0.717, 1.165) is 0 Å². The third-order valence-corrected chi connectivity index (χ3v) is 2.86. The van der Waals surface area contributed by atoms with E-state index in [1.807, 2.05) is 11.9 Å². The van der Waals surface area contributed by atoms with Crippen molar-refractivity contribution in [1.29, 1.82) is 0 Å². The lowest BCUT2D eigenvalue weighted by Gasteiger charge is -2.19. The van der Waals surface area contributed by atoms with Crippen LogP contribution in [0.5, 0.6) is 0 Å². The lowest BCUT2D eigenvalue weighted by atomic mass is 10.2. The van der Waals surface area contributed by atoms with Crippen LogP contribution in [0.15, 0.2) is 16.8 Å². The van der Waals surface area contributed by atoms with Crippen LogP contribution in [0.1, 0.15) is 13.3 Å². The molecule has 0 fully saturated rings. The van der Waals surface area contributed by atoms with Crippen LogP contribution in [-0.2, 0) is 0 Å². The second-order valence-corrected chi connectivity index (χ2v) is 4.38. The van der Waals surface area contributed by atoms with Crippen LogP contribution < -0.4 is 4.90 Å². The molecular weight excluding hydrogens is 252 g/mol. The molecule has 8 heteroatoms. The number of benzene rings is 1. The molecule has 2 rings (SSSR count). The van der Waals surface area contributed by atoms with Crippen LogP contribution in [0.25, 0.3) is 11.0 Å². The second-order valence-electron chi connectivity index (χ2n) is 4.38. The summed E-state index contributed by atoms with van der Waals surface area (Å²) in [5, 5.41) is 27.4. The zero-order chi connectivity index (χ0) is 14.0. The van der Waals surface area contributed by atoms with Crippen LogP contribution in [-0.4, -0.2) is 40.0 Å². The Bertz CT molecular complexity index is 595. The maximum Gasteiger partial charge on any atom is 0.300 e. The molecule has 2 aromatic rings. The number of rotatable bonds is 5. The van der Waals surface area contributed by atoms with Crippen molar-refractivity contribution in [2.24, 2.45) is 0 Å². The molecule has 0 amide bonds. The van der Waals surface area contributed by atoms with Crippen LogP contribution >= 0.6 is 0 Å². The Kier molecular flexibility index (Phi) is 3.61. The number of anilines is 1. The van der Waals surface area contributed by atoms with Crippen molar-refractivity contribution in [2.75, 3.05) is 18.5 Å². The van der Waals surface area contributed by atoms with E-state index in [-0.39, 0.29) is 11.2 Å². The Morgan fingerprint density at radius 3 is 2.79 bits per heavy atom. The van der Waals surface area contributed by atoms with Crippen LogP contribution in [0, 0.1) is 10.1 Å². The minimum Gasteiger partial charge on any atom is -0.393 e. The van der Waals surface area contributed by atoms with Gasteiger partial charge in [0, 0.05) is 19.7 Å². The first-order valence-corrected chi connectivity index (χ1v) is 5.79. The number of non-ortho nitro benzene ring substituents is 1. The van der Waals surface area contributed by atoms with Gasteiger partial charge in [-0.1, -0.05) is 0 Å². The molecule has 19 heavy (non-hydrogen) atoms.